The van der Waals surface area contributed by atoms with Gasteiger partial charge >= 0.3 is 0 Å². The number of aliphatic hydroxyl groups is 1. The van der Waals surface area contributed by atoms with Crippen LogP contribution in [0.2, 0.25) is 0 Å². The highest BCUT2D eigenvalue weighted by molar-refractivity contribution is 5.97. The Kier molecular flexibility index (Phi) is 4.69. The summed E-state index contributed by atoms with van der Waals surface area (Å²) >= 11 is 0. The average Bonchev–Trinajstić information content (AvgIpc) is 2.37. The van der Waals surface area contributed by atoms with Gasteiger partial charge in [-0.25, -0.2) is 0 Å². The second-order valence-corrected chi connectivity index (χ2v) is 6.65. The number of aryl methyl sites for hydroxylation is 2. The summed E-state index contributed by atoms with van der Waals surface area (Å²) in [6, 6.07) is 5.97. The molecule has 1 fully saturated rings. The van der Waals surface area contributed by atoms with Crippen molar-refractivity contribution >= 4 is 5.91 Å². The van der Waals surface area contributed by atoms with Gasteiger partial charge in [-0.05, 0) is 38.8 Å². The van der Waals surface area contributed by atoms with Crippen LogP contribution in [0.25, 0.3) is 0 Å². The highest BCUT2D eigenvalue weighted by Gasteiger charge is 2.26. The van der Waals surface area contributed by atoms with E-state index in [0.717, 1.165) is 42.9 Å². The van der Waals surface area contributed by atoms with Gasteiger partial charge in [0.25, 0.3) is 5.91 Å². The van der Waals surface area contributed by atoms with Crippen LogP contribution in [0.1, 0.15) is 35.3 Å². The lowest BCUT2D eigenvalue weighted by molar-refractivity contribution is 0.0178. The molecule has 0 aliphatic carbocycles. The van der Waals surface area contributed by atoms with E-state index in [2.05, 4.69) is 4.90 Å². The van der Waals surface area contributed by atoms with E-state index in [1.807, 2.05) is 50.8 Å². The summed E-state index contributed by atoms with van der Waals surface area (Å²) in [5.41, 5.74) is 2.24. The molecule has 116 valence electrons. The highest BCUT2D eigenvalue weighted by atomic mass is 16.3. The van der Waals surface area contributed by atoms with Crippen molar-refractivity contribution < 1.29 is 9.90 Å². The number of amides is 1. The number of hydrogen-bond donors (Lipinski definition) is 1. The van der Waals surface area contributed by atoms with Gasteiger partial charge in [-0.1, -0.05) is 18.2 Å². The molecule has 4 heteroatoms. The number of benzene rings is 1. The molecule has 0 unspecified atom stereocenters. The highest BCUT2D eigenvalue weighted by Crippen LogP contribution is 2.17. The lowest BCUT2D eigenvalue weighted by Crippen LogP contribution is -2.52. The van der Waals surface area contributed by atoms with Crippen molar-refractivity contribution in [2.45, 2.75) is 33.3 Å². The third kappa shape index (κ3) is 4.05. The first-order valence-corrected chi connectivity index (χ1v) is 7.58. The van der Waals surface area contributed by atoms with E-state index in [4.69, 9.17) is 0 Å². The third-order valence-corrected chi connectivity index (χ3v) is 3.97. The Balaban J connectivity index is 2.01. The van der Waals surface area contributed by atoms with E-state index in [0.29, 0.717) is 6.54 Å². The van der Waals surface area contributed by atoms with Crippen molar-refractivity contribution in [1.82, 2.24) is 9.80 Å². The molecule has 21 heavy (non-hydrogen) atoms. The van der Waals surface area contributed by atoms with E-state index in [1.54, 1.807) is 0 Å². The topological polar surface area (TPSA) is 43.8 Å². The summed E-state index contributed by atoms with van der Waals surface area (Å²) in [4.78, 5) is 16.8. The van der Waals surface area contributed by atoms with Crippen LogP contribution >= 0.6 is 0 Å². The van der Waals surface area contributed by atoms with Crippen molar-refractivity contribution in [3.8, 4) is 0 Å². The summed E-state index contributed by atoms with van der Waals surface area (Å²) in [6.07, 6.45) is 0. The predicted molar refractivity (Wildman–Crippen MR) is 84.6 cm³/mol. The van der Waals surface area contributed by atoms with E-state index in [9.17, 15) is 9.90 Å². The SMILES string of the molecule is Cc1cccc(C)c1C(=O)N1CCN(CC(C)(C)O)CC1. The molecule has 1 aliphatic heterocycles. The zero-order valence-corrected chi connectivity index (χ0v) is 13.5. The maximum atomic E-state index is 12.7. The van der Waals surface area contributed by atoms with Crippen LogP contribution < -0.4 is 0 Å². The summed E-state index contributed by atoms with van der Waals surface area (Å²) < 4.78 is 0. The van der Waals surface area contributed by atoms with Crippen LogP contribution in [0.3, 0.4) is 0 Å². The van der Waals surface area contributed by atoms with Crippen LogP contribution in [0.5, 0.6) is 0 Å². The number of rotatable bonds is 3. The smallest absolute Gasteiger partial charge is 0.254 e. The largest absolute Gasteiger partial charge is 0.389 e. The van der Waals surface area contributed by atoms with Crippen LogP contribution in [0.15, 0.2) is 18.2 Å². The molecule has 0 saturated carbocycles. The van der Waals surface area contributed by atoms with Crippen molar-refractivity contribution in [2.24, 2.45) is 0 Å². The second kappa shape index (κ2) is 6.16. The fraction of sp³-hybridized carbons (Fsp3) is 0.588. The zero-order chi connectivity index (χ0) is 15.6. The minimum Gasteiger partial charge on any atom is -0.389 e. The predicted octanol–water partition coefficient (Wildman–Crippen LogP) is 1.83. The maximum Gasteiger partial charge on any atom is 0.254 e. The van der Waals surface area contributed by atoms with Gasteiger partial charge in [-0.3, -0.25) is 9.69 Å². The molecule has 2 rings (SSSR count). The fourth-order valence-electron chi connectivity index (χ4n) is 2.97. The van der Waals surface area contributed by atoms with Crippen molar-refractivity contribution in [2.75, 3.05) is 32.7 Å². The average molecular weight is 290 g/mol. The Labute approximate surface area is 127 Å². The molecule has 0 bridgehead atoms. The number of β-amino-alcohol motifs (C(OH)–C–C–N with tert-alkyl or cyclic N) is 1. The first-order chi connectivity index (χ1) is 9.78. The Bertz CT molecular complexity index is 492. The first kappa shape index (κ1) is 16.0. The third-order valence-electron chi connectivity index (χ3n) is 3.97. The van der Waals surface area contributed by atoms with E-state index in [1.165, 1.54) is 0 Å². The second-order valence-electron chi connectivity index (χ2n) is 6.65. The Hall–Kier alpha value is -1.39. The minimum absolute atomic E-state index is 0.133. The summed E-state index contributed by atoms with van der Waals surface area (Å²) in [6.45, 7) is 11.4. The van der Waals surface area contributed by atoms with Crippen molar-refractivity contribution in [3.63, 3.8) is 0 Å². The summed E-state index contributed by atoms with van der Waals surface area (Å²) in [7, 11) is 0. The molecule has 0 spiro atoms. The first-order valence-electron chi connectivity index (χ1n) is 7.58. The monoisotopic (exact) mass is 290 g/mol. The molecule has 1 aromatic rings. The molecular weight excluding hydrogens is 264 g/mol. The number of carbonyl (C=O) groups is 1. The Morgan fingerprint density at radius 2 is 1.67 bits per heavy atom. The fourth-order valence-corrected chi connectivity index (χ4v) is 2.97. The Morgan fingerprint density at radius 1 is 1.14 bits per heavy atom. The number of nitrogens with zero attached hydrogens (tertiary/aromatic N) is 2. The standard InChI is InChI=1S/C17H26N2O2/c1-13-6-5-7-14(2)15(13)16(20)19-10-8-18(9-11-19)12-17(3,4)21/h5-7,21H,8-12H2,1-4H3. The molecule has 4 nitrogen and oxygen atoms in total. The number of hydrogen-bond acceptors (Lipinski definition) is 3. The quantitative estimate of drug-likeness (QED) is 0.923. The van der Waals surface area contributed by atoms with E-state index < -0.39 is 5.60 Å². The van der Waals surface area contributed by atoms with Crippen LogP contribution in [-0.2, 0) is 0 Å². The van der Waals surface area contributed by atoms with E-state index in [-0.39, 0.29) is 5.91 Å². The molecule has 1 aromatic carbocycles. The normalized spacial score (nSPS) is 17.1. The van der Waals surface area contributed by atoms with Gasteiger partial charge in [0, 0.05) is 38.3 Å². The summed E-state index contributed by atoms with van der Waals surface area (Å²) in [5, 5.41) is 9.87. The van der Waals surface area contributed by atoms with Crippen LogP contribution in [-0.4, -0.2) is 59.1 Å². The molecule has 0 radical (unpaired) electrons. The molecule has 1 amide bonds. The lowest BCUT2D eigenvalue weighted by atomic mass is 10.0. The van der Waals surface area contributed by atoms with Gasteiger partial charge in [0.05, 0.1) is 5.60 Å². The molecule has 1 aliphatic rings. The maximum absolute atomic E-state index is 12.7. The van der Waals surface area contributed by atoms with Crippen molar-refractivity contribution in [3.05, 3.63) is 34.9 Å². The van der Waals surface area contributed by atoms with Gasteiger partial charge in [0.1, 0.15) is 0 Å². The van der Waals surface area contributed by atoms with Crippen LogP contribution in [0.4, 0.5) is 0 Å². The number of piperazine rings is 1. The van der Waals surface area contributed by atoms with Gasteiger partial charge in [0.15, 0.2) is 0 Å². The molecular formula is C17H26N2O2. The minimum atomic E-state index is -0.682. The molecule has 0 aromatic heterocycles. The van der Waals surface area contributed by atoms with Gasteiger partial charge in [-0.15, -0.1) is 0 Å². The molecule has 0 atom stereocenters. The Morgan fingerprint density at radius 3 is 2.14 bits per heavy atom. The van der Waals surface area contributed by atoms with Gasteiger partial charge < -0.3 is 10.0 Å². The van der Waals surface area contributed by atoms with Crippen LogP contribution in [0, 0.1) is 13.8 Å². The molecule has 1 N–H and O–H groups in total. The van der Waals surface area contributed by atoms with Gasteiger partial charge in [0.2, 0.25) is 0 Å². The number of carbonyl (C=O) groups excluding carboxylic acids is 1. The zero-order valence-electron chi connectivity index (χ0n) is 13.5. The summed E-state index contributed by atoms with van der Waals surface area (Å²) in [5.74, 6) is 0.133. The molecule has 1 heterocycles. The van der Waals surface area contributed by atoms with Gasteiger partial charge in [-0.2, -0.15) is 0 Å². The molecule has 1 saturated heterocycles. The van der Waals surface area contributed by atoms with Crippen molar-refractivity contribution in [1.29, 1.82) is 0 Å². The van der Waals surface area contributed by atoms with E-state index >= 15 is 0 Å². The lowest BCUT2D eigenvalue weighted by Gasteiger charge is -2.37.